The lowest BCUT2D eigenvalue weighted by atomic mass is 9.97. The van der Waals surface area contributed by atoms with Crippen molar-refractivity contribution < 1.29 is 14.6 Å². The van der Waals surface area contributed by atoms with Crippen molar-refractivity contribution in [2.24, 2.45) is 0 Å². The smallest absolute Gasteiger partial charge is 0.341 e. The lowest BCUT2D eigenvalue weighted by molar-refractivity contribution is 0.0694. The number of hydrogen-bond acceptors (Lipinski definition) is 4. The summed E-state index contributed by atoms with van der Waals surface area (Å²) in [5.74, 6) is -0.557. The van der Waals surface area contributed by atoms with Crippen LogP contribution in [0.25, 0.3) is 22.0 Å². The zero-order valence-corrected chi connectivity index (χ0v) is 15.7. The number of carboxylic acids is 1. The van der Waals surface area contributed by atoms with Crippen molar-refractivity contribution in [3.8, 4) is 16.9 Å². The number of ether oxygens (including phenoxy) is 1. The molecule has 3 aromatic rings. The van der Waals surface area contributed by atoms with Gasteiger partial charge in [0.05, 0.1) is 16.9 Å². The van der Waals surface area contributed by atoms with Gasteiger partial charge in [-0.05, 0) is 48.9 Å². The van der Waals surface area contributed by atoms with Crippen LogP contribution in [0.5, 0.6) is 5.75 Å². The maximum atomic E-state index is 12.7. The highest BCUT2D eigenvalue weighted by Gasteiger charge is 2.26. The molecule has 1 N–H and O–H groups in total. The van der Waals surface area contributed by atoms with Gasteiger partial charge in [-0.25, -0.2) is 4.79 Å². The number of nitrogens with zero attached hydrogens (tertiary/aromatic N) is 2. The quantitative estimate of drug-likeness (QED) is 0.743. The SMILES string of the molecule is C[C@H]1COc2c(-c3ccc4c(c3)CN(C)C4)ccc3c(=O)c(C(=O)O)cn1c23. The lowest BCUT2D eigenvalue weighted by Gasteiger charge is -2.28. The minimum atomic E-state index is -1.21. The summed E-state index contributed by atoms with van der Waals surface area (Å²) < 4.78 is 7.94. The van der Waals surface area contributed by atoms with Gasteiger partial charge in [-0.1, -0.05) is 12.1 Å². The van der Waals surface area contributed by atoms with Crippen LogP contribution in [0.3, 0.4) is 0 Å². The standard InChI is InChI=1S/C22H20N2O4/c1-12-11-28-21-16(13-3-4-14-8-23(2)9-15(14)7-13)5-6-17-19(21)24(12)10-18(20(17)25)22(26)27/h3-7,10,12H,8-9,11H2,1-2H3,(H,26,27)/t12-/m0/s1. The Hall–Kier alpha value is -3.12. The predicted molar refractivity (Wildman–Crippen MR) is 106 cm³/mol. The number of aromatic carboxylic acids is 1. The fourth-order valence-electron chi connectivity index (χ4n) is 4.31. The van der Waals surface area contributed by atoms with Gasteiger partial charge in [0, 0.05) is 24.8 Å². The van der Waals surface area contributed by atoms with Gasteiger partial charge < -0.3 is 14.4 Å². The second-order valence-electron chi connectivity index (χ2n) is 7.74. The first-order chi connectivity index (χ1) is 13.4. The van der Waals surface area contributed by atoms with Gasteiger partial charge in [0.25, 0.3) is 0 Å². The molecular weight excluding hydrogens is 356 g/mol. The molecule has 142 valence electrons. The predicted octanol–water partition coefficient (Wildman–Crippen LogP) is 3.27. The highest BCUT2D eigenvalue weighted by atomic mass is 16.5. The monoisotopic (exact) mass is 376 g/mol. The van der Waals surface area contributed by atoms with Gasteiger partial charge >= 0.3 is 5.97 Å². The molecule has 5 rings (SSSR count). The highest BCUT2D eigenvalue weighted by Crippen LogP contribution is 2.41. The Balaban J connectivity index is 1.78. The Morgan fingerprint density at radius 2 is 1.96 bits per heavy atom. The normalized spacial score (nSPS) is 18.1. The molecule has 28 heavy (non-hydrogen) atoms. The third kappa shape index (κ3) is 2.38. The van der Waals surface area contributed by atoms with Crippen molar-refractivity contribution >= 4 is 16.9 Å². The molecule has 6 nitrogen and oxygen atoms in total. The second-order valence-corrected chi connectivity index (χ2v) is 7.74. The number of benzene rings is 2. The summed E-state index contributed by atoms with van der Waals surface area (Å²) in [6.45, 7) is 4.24. The van der Waals surface area contributed by atoms with Gasteiger partial charge in [-0.3, -0.25) is 9.69 Å². The number of fused-ring (bicyclic) bond motifs is 1. The maximum absolute atomic E-state index is 12.7. The number of aromatic nitrogens is 1. The van der Waals surface area contributed by atoms with Gasteiger partial charge in [0.2, 0.25) is 5.43 Å². The fraction of sp³-hybridized carbons (Fsp3) is 0.273. The molecule has 0 unspecified atom stereocenters. The summed E-state index contributed by atoms with van der Waals surface area (Å²) in [7, 11) is 2.10. The first-order valence-electron chi connectivity index (χ1n) is 9.32. The molecule has 0 radical (unpaired) electrons. The van der Waals surface area contributed by atoms with Gasteiger partial charge in [-0.2, -0.15) is 0 Å². The molecule has 0 amide bonds. The van der Waals surface area contributed by atoms with E-state index in [4.69, 9.17) is 4.74 Å². The van der Waals surface area contributed by atoms with Crippen molar-refractivity contribution in [2.45, 2.75) is 26.1 Å². The van der Waals surface area contributed by atoms with Crippen LogP contribution < -0.4 is 10.2 Å². The molecule has 2 aliphatic heterocycles. The van der Waals surface area contributed by atoms with E-state index in [0.717, 1.165) is 24.2 Å². The van der Waals surface area contributed by atoms with Crippen LogP contribution in [0.15, 0.2) is 41.3 Å². The van der Waals surface area contributed by atoms with E-state index < -0.39 is 11.4 Å². The van der Waals surface area contributed by atoms with E-state index in [0.29, 0.717) is 23.3 Å². The Bertz CT molecular complexity index is 1210. The number of carboxylic acid groups (broad SMARTS) is 1. The molecular formula is C22H20N2O4. The van der Waals surface area contributed by atoms with E-state index in [9.17, 15) is 14.7 Å². The average molecular weight is 376 g/mol. The van der Waals surface area contributed by atoms with Crippen LogP contribution in [-0.2, 0) is 13.1 Å². The second kappa shape index (κ2) is 5.94. The van der Waals surface area contributed by atoms with Crippen molar-refractivity contribution in [2.75, 3.05) is 13.7 Å². The molecule has 0 fully saturated rings. The lowest BCUT2D eigenvalue weighted by Crippen LogP contribution is -2.26. The molecule has 0 bridgehead atoms. The fourth-order valence-corrected chi connectivity index (χ4v) is 4.31. The molecule has 6 heteroatoms. The zero-order chi connectivity index (χ0) is 19.6. The van der Waals surface area contributed by atoms with E-state index in [1.54, 1.807) is 6.07 Å². The Morgan fingerprint density at radius 1 is 1.18 bits per heavy atom. The third-order valence-electron chi connectivity index (χ3n) is 5.72. The van der Waals surface area contributed by atoms with Crippen molar-refractivity contribution in [1.29, 1.82) is 0 Å². The molecule has 2 aliphatic rings. The number of pyridine rings is 1. The van der Waals surface area contributed by atoms with Crippen LogP contribution in [0.1, 0.15) is 34.5 Å². The summed E-state index contributed by atoms with van der Waals surface area (Å²) in [5, 5.41) is 9.79. The largest absolute Gasteiger partial charge is 0.489 e. The molecule has 0 saturated heterocycles. The van der Waals surface area contributed by atoms with Crippen molar-refractivity contribution in [3.63, 3.8) is 0 Å². The Labute approximate surface area is 161 Å². The van der Waals surface area contributed by atoms with E-state index in [2.05, 4.69) is 30.1 Å². The number of carbonyl (C=O) groups is 1. The summed E-state index contributed by atoms with van der Waals surface area (Å²) >= 11 is 0. The van der Waals surface area contributed by atoms with Crippen molar-refractivity contribution in [3.05, 3.63) is 63.4 Å². The number of rotatable bonds is 2. The molecule has 1 atom stereocenters. The minimum absolute atomic E-state index is 0.0578. The summed E-state index contributed by atoms with van der Waals surface area (Å²) in [5.41, 5.74) is 4.59. The van der Waals surface area contributed by atoms with E-state index >= 15 is 0 Å². The zero-order valence-electron chi connectivity index (χ0n) is 15.7. The molecule has 1 aromatic heterocycles. The summed E-state index contributed by atoms with van der Waals surface area (Å²) in [6, 6.07) is 9.96. The molecule has 0 spiro atoms. The van der Waals surface area contributed by atoms with Gasteiger partial charge in [-0.15, -0.1) is 0 Å². The van der Waals surface area contributed by atoms with Crippen LogP contribution in [-0.4, -0.2) is 34.2 Å². The summed E-state index contributed by atoms with van der Waals surface area (Å²) in [6.07, 6.45) is 1.45. The number of hydrogen-bond donors (Lipinski definition) is 1. The van der Waals surface area contributed by atoms with E-state index in [1.165, 1.54) is 17.3 Å². The van der Waals surface area contributed by atoms with E-state index in [-0.39, 0.29) is 11.6 Å². The summed E-state index contributed by atoms with van der Waals surface area (Å²) in [4.78, 5) is 26.5. The van der Waals surface area contributed by atoms with Crippen LogP contribution in [0, 0.1) is 0 Å². The topological polar surface area (TPSA) is 71.8 Å². The average Bonchev–Trinajstić information content (AvgIpc) is 3.04. The molecule has 0 aliphatic carbocycles. The van der Waals surface area contributed by atoms with Crippen LogP contribution in [0.4, 0.5) is 0 Å². The highest BCUT2D eigenvalue weighted by molar-refractivity contribution is 5.97. The maximum Gasteiger partial charge on any atom is 0.341 e. The first-order valence-corrected chi connectivity index (χ1v) is 9.32. The van der Waals surface area contributed by atoms with Gasteiger partial charge in [0.15, 0.2) is 5.75 Å². The van der Waals surface area contributed by atoms with Gasteiger partial charge in [0.1, 0.15) is 12.2 Å². The van der Waals surface area contributed by atoms with Crippen LogP contribution >= 0.6 is 0 Å². The molecule has 0 saturated carbocycles. The minimum Gasteiger partial charge on any atom is -0.489 e. The Morgan fingerprint density at radius 3 is 2.75 bits per heavy atom. The van der Waals surface area contributed by atoms with Crippen molar-refractivity contribution in [1.82, 2.24) is 9.47 Å². The molecule has 2 aromatic carbocycles. The first kappa shape index (κ1) is 17.0. The van der Waals surface area contributed by atoms with Crippen LogP contribution in [0.2, 0.25) is 0 Å². The third-order valence-corrected chi connectivity index (χ3v) is 5.72. The Kier molecular flexibility index (Phi) is 3.61. The molecule has 3 heterocycles. The van der Waals surface area contributed by atoms with E-state index in [1.807, 2.05) is 17.6 Å².